The van der Waals surface area contributed by atoms with Crippen LogP contribution in [0.3, 0.4) is 0 Å². The van der Waals surface area contributed by atoms with E-state index in [2.05, 4.69) is 10.3 Å². The second-order valence-corrected chi connectivity index (χ2v) is 5.63. The third kappa shape index (κ3) is 4.90. The molecule has 3 rings (SSSR count). The van der Waals surface area contributed by atoms with E-state index in [-0.39, 0.29) is 29.9 Å². The number of pyridine rings is 2. The molecule has 0 atom stereocenters. The molecule has 5 nitrogen and oxygen atoms in total. The molecule has 0 aliphatic carbocycles. The van der Waals surface area contributed by atoms with Crippen molar-refractivity contribution >= 4 is 29.0 Å². The van der Waals surface area contributed by atoms with E-state index in [1.54, 1.807) is 29.0 Å². The molecule has 7 heteroatoms. The smallest absolute Gasteiger partial charge is 0.285 e. The van der Waals surface area contributed by atoms with Gasteiger partial charge in [-0.3, -0.25) is 10.5 Å². The predicted molar refractivity (Wildman–Crippen MR) is 93.8 cm³/mol. The Morgan fingerprint density at radius 2 is 1.88 bits per heavy atom. The van der Waals surface area contributed by atoms with Gasteiger partial charge in [-0.1, -0.05) is 35.9 Å². The molecule has 0 radical (unpaired) electrons. The lowest BCUT2D eigenvalue weighted by atomic mass is 10.2. The number of rotatable bonds is 4. The van der Waals surface area contributed by atoms with E-state index < -0.39 is 0 Å². The number of benzene rings is 1. The lowest BCUT2D eigenvalue weighted by Crippen LogP contribution is -3.00. The maximum absolute atomic E-state index is 12.4. The SMILES string of the molecule is Nc1c(C(=O)Nc2ccccc2)ccc[n+]1Cc1ccc(Cl)nc1.[I-]. The van der Waals surface area contributed by atoms with E-state index in [1.165, 1.54) is 0 Å². The van der Waals surface area contributed by atoms with Crippen LogP contribution in [0.25, 0.3) is 0 Å². The standard InChI is InChI=1S/C18H15ClN4O.HI/c19-16-9-8-13(11-21-16)12-23-10-4-7-15(17(23)20)18(24)22-14-5-2-1-3-6-14;/h1-11,20H,12H2,(H,22,24);1H. The molecule has 0 saturated heterocycles. The number of nitrogen functional groups attached to an aromatic ring is 1. The van der Waals surface area contributed by atoms with Gasteiger partial charge in [0, 0.05) is 17.4 Å². The number of carbonyl (C=O) groups excluding carboxylic acids is 1. The molecule has 1 aromatic carbocycles. The number of carbonyl (C=O) groups is 1. The van der Waals surface area contributed by atoms with Gasteiger partial charge in [-0.25, -0.2) is 9.55 Å². The highest BCUT2D eigenvalue weighted by molar-refractivity contribution is 6.29. The number of aromatic nitrogens is 2. The second-order valence-electron chi connectivity index (χ2n) is 5.24. The van der Waals surface area contributed by atoms with Gasteiger partial charge in [0.2, 0.25) is 0 Å². The molecular formula is C18H16ClIN4O. The lowest BCUT2D eigenvalue weighted by molar-refractivity contribution is -0.674. The van der Waals surface area contributed by atoms with Gasteiger partial charge in [-0.05, 0) is 30.3 Å². The highest BCUT2D eigenvalue weighted by Crippen LogP contribution is 2.12. The second kappa shape index (κ2) is 8.77. The van der Waals surface area contributed by atoms with Crippen LogP contribution in [0.4, 0.5) is 11.5 Å². The molecule has 0 aliphatic rings. The summed E-state index contributed by atoms with van der Waals surface area (Å²) in [4.78, 5) is 16.5. The summed E-state index contributed by atoms with van der Waals surface area (Å²) in [5, 5.41) is 3.27. The number of hydrogen-bond acceptors (Lipinski definition) is 3. The van der Waals surface area contributed by atoms with E-state index in [0.29, 0.717) is 23.1 Å². The van der Waals surface area contributed by atoms with Crippen LogP contribution in [0.5, 0.6) is 0 Å². The molecule has 0 bridgehead atoms. The number of hydrogen-bond donors (Lipinski definition) is 2. The van der Waals surface area contributed by atoms with E-state index >= 15 is 0 Å². The minimum atomic E-state index is -0.248. The van der Waals surface area contributed by atoms with E-state index in [1.807, 2.05) is 42.6 Å². The monoisotopic (exact) mass is 466 g/mol. The minimum Gasteiger partial charge on any atom is -1.00 e. The number of nitrogens with zero attached hydrogens (tertiary/aromatic N) is 2. The molecule has 0 fully saturated rings. The number of halogens is 2. The van der Waals surface area contributed by atoms with Gasteiger partial charge in [-0.15, -0.1) is 0 Å². The van der Waals surface area contributed by atoms with Gasteiger partial charge in [-0.2, -0.15) is 0 Å². The van der Waals surface area contributed by atoms with Gasteiger partial charge < -0.3 is 29.3 Å². The first-order chi connectivity index (χ1) is 11.6. The number of nitrogens with two attached hydrogens (primary N) is 1. The van der Waals surface area contributed by atoms with Crippen LogP contribution in [0.1, 0.15) is 15.9 Å². The Balaban J connectivity index is 0.00000225. The summed E-state index contributed by atoms with van der Waals surface area (Å²) in [5.74, 6) is 0.142. The molecule has 2 aromatic heterocycles. The normalized spacial score (nSPS) is 9.96. The van der Waals surface area contributed by atoms with Crippen molar-refractivity contribution in [3.8, 4) is 0 Å². The fraction of sp³-hybridized carbons (Fsp3) is 0.0556. The third-order valence-corrected chi connectivity index (χ3v) is 3.76. The third-order valence-electron chi connectivity index (χ3n) is 3.53. The molecule has 25 heavy (non-hydrogen) atoms. The molecule has 0 aliphatic heterocycles. The van der Waals surface area contributed by atoms with E-state index in [4.69, 9.17) is 17.3 Å². The van der Waals surface area contributed by atoms with Crippen molar-refractivity contribution < 1.29 is 33.3 Å². The molecule has 1 amide bonds. The van der Waals surface area contributed by atoms with Crippen molar-refractivity contribution in [3.05, 3.63) is 83.3 Å². The lowest BCUT2D eigenvalue weighted by Gasteiger charge is -2.08. The summed E-state index contributed by atoms with van der Waals surface area (Å²) in [6.07, 6.45) is 3.51. The number of para-hydroxylation sites is 1. The zero-order valence-corrected chi connectivity index (χ0v) is 16.1. The summed E-state index contributed by atoms with van der Waals surface area (Å²) in [5.41, 5.74) is 8.25. The summed E-state index contributed by atoms with van der Waals surface area (Å²) in [7, 11) is 0. The molecule has 128 valence electrons. The Morgan fingerprint density at radius 1 is 1.12 bits per heavy atom. The van der Waals surface area contributed by atoms with Crippen LogP contribution < -0.4 is 39.6 Å². The van der Waals surface area contributed by atoms with Gasteiger partial charge in [0.05, 0.1) is 6.20 Å². The molecule has 0 unspecified atom stereocenters. The number of anilines is 2. The van der Waals surface area contributed by atoms with Crippen molar-refractivity contribution in [1.29, 1.82) is 0 Å². The maximum atomic E-state index is 12.4. The minimum absolute atomic E-state index is 0. The first-order valence-corrected chi connectivity index (χ1v) is 7.76. The quantitative estimate of drug-likeness (QED) is 0.321. The van der Waals surface area contributed by atoms with Crippen molar-refractivity contribution in [2.75, 3.05) is 11.1 Å². The van der Waals surface area contributed by atoms with Crippen molar-refractivity contribution in [1.82, 2.24) is 4.98 Å². The zero-order valence-electron chi connectivity index (χ0n) is 13.2. The Kier molecular flexibility index (Phi) is 6.72. The Bertz CT molecular complexity index is 857. The maximum Gasteiger partial charge on any atom is 0.285 e. The Morgan fingerprint density at radius 3 is 2.56 bits per heavy atom. The summed E-state index contributed by atoms with van der Waals surface area (Å²) in [6, 6.07) is 16.3. The van der Waals surface area contributed by atoms with Crippen LogP contribution in [0.15, 0.2) is 67.0 Å². The van der Waals surface area contributed by atoms with E-state index in [9.17, 15) is 4.79 Å². The Hall–Kier alpha value is -2.19. The fourth-order valence-electron chi connectivity index (χ4n) is 2.31. The van der Waals surface area contributed by atoms with Gasteiger partial charge in [0.25, 0.3) is 11.7 Å². The topological polar surface area (TPSA) is 71.9 Å². The predicted octanol–water partition coefficient (Wildman–Crippen LogP) is -0.0907. The fourth-order valence-corrected chi connectivity index (χ4v) is 2.42. The van der Waals surface area contributed by atoms with Crippen LogP contribution in [-0.2, 0) is 6.54 Å². The molecule has 0 spiro atoms. The van der Waals surface area contributed by atoms with Crippen molar-refractivity contribution in [2.24, 2.45) is 0 Å². The molecular weight excluding hydrogens is 451 g/mol. The van der Waals surface area contributed by atoms with Crippen LogP contribution >= 0.6 is 11.6 Å². The molecule has 2 heterocycles. The van der Waals surface area contributed by atoms with E-state index in [0.717, 1.165) is 11.3 Å². The zero-order chi connectivity index (χ0) is 16.9. The first-order valence-electron chi connectivity index (χ1n) is 7.38. The average Bonchev–Trinajstić information content (AvgIpc) is 2.59. The van der Waals surface area contributed by atoms with Gasteiger partial charge in [0.1, 0.15) is 17.3 Å². The molecule has 3 N–H and O–H groups in total. The van der Waals surface area contributed by atoms with Gasteiger partial charge >= 0.3 is 0 Å². The number of nitrogens with one attached hydrogen (secondary N) is 1. The molecule has 3 aromatic rings. The highest BCUT2D eigenvalue weighted by atomic mass is 127. The summed E-state index contributed by atoms with van der Waals surface area (Å²) < 4.78 is 1.80. The van der Waals surface area contributed by atoms with Crippen LogP contribution in [-0.4, -0.2) is 10.9 Å². The number of amides is 1. The van der Waals surface area contributed by atoms with Crippen LogP contribution in [0.2, 0.25) is 5.15 Å². The van der Waals surface area contributed by atoms with Crippen molar-refractivity contribution in [2.45, 2.75) is 6.54 Å². The summed E-state index contributed by atoms with van der Waals surface area (Å²) >= 11 is 5.79. The van der Waals surface area contributed by atoms with Crippen molar-refractivity contribution in [3.63, 3.8) is 0 Å². The highest BCUT2D eigenvalue weighted by Gasteiger charge is 2.18. The average molecular weight is 467 g/mol. The molecule has 0 saturated carbocycles. The summed E-state index contributed by atoms with van der Waals surface area (Å²) in [6.45, 7) is 0.502. The Labute approximate surface area is 167 Å². The largest absolute Gasteiger partial charge is 1.00 e. The van der Waals surface area contributed by atoms with Gasteiger partial charge in [0.15, 0.2) is 0 Å². The van der Waals surface area contributed by atoms with Crippen LogP contribution in [0, 0.1) is 0 Å². The first kappa shape index (κ1) is 19.1.